The Morgan fingerprint density at radius 3 is 2.69 bits per heavy atom. The third-order valence-electron chi connectivity index (χ3n) is 5.30. The first-order valence-electron chi connectivity index (χ1n) is 9.95. The summed E-state index contributed by atoms with van der Waals surface area (Å²) in [5.74, 6) is 0.861. The van der Waals surface area contributed by atoms with E-state index in [4.69, 9.17) is 4.74 Å². The molecule has 0 aliphatic heterocycles. The minimum Gasteiger partial charge on any atom is -0.488 e. The maximum absolute atomic E-state index is 12.6. The van der Waals surface area contributed by atoms with E-state index in [1.165, 1.54) is 6.42 Å². The van der Waals surface area contributed by atoms with Crippen molar-refractivity contribution in [3.05, 3.63) is 69.7 Å². The van der Waals surface area contributed by atoms with Crippen molar-refractivity contribution < 1.29 is 9.53 Å². The molecule has 1 saturated carbocycles. The number of halogens is 1. The smallest absolute Gasteiger partial charge is 0.262 e. The van der Waals surface area contributed by atoms with Gasteiger partial charge in [-0.15, -0.1) is 0 Å². The van der Waals surface area contributed by atoms with Crippen LogP contribution in [0.1, 0.15) is 43.7 Å². The highest BCUT2D eigenvalue weighted by Crippen LogP contribution is 2.28. The van der Waals surface area contributed by atoms with Gasteiger partial charge in [0.25, 0.3) is 5.91 Å². The number of nitrogens with zero attached hydrogens (tertiary/aromatic N) is 1. The molecule has 1 amide bonds. The topological polar surface area (TPSA) is 62.1 Å². The van der Waals surface area contributed by atoms with E-state index in [-0.39, 0.29) is 17.5 Å². The average molecular weight is 453 g/mol. The van der Waals surface area contributed by atoms with Crippen LogP contribution in [0.3, 0.4) is 0 Å². The molecule has 0 saturated heterocycles. The fraction of sp³-hybridized carbons (Fsp3) is 0.333. The van der Waals surface area contributed by atoms with Gasteiger partial charge in [-0.2, -0.15) is 5.26 Å². The van der Waals surface area contributed by atoms with Gasteiger partial charge in [0.15, 0.2) is 0 Å². The molecule has 1 aliphatic rings. The van der Waals surface area contributed by atoms with Crippen molar-refractivity contribution in [3.8, 4) is 11.8 Å². The van der Waals surface area contributed by atoms with Gasteiger partial charge in [-0.05, 0) is 64.0 Å². The fourth-order valence-electron chi connectivity index (χ4n) is 3.55. The van der Waals surface area contributed by atoms with Crippen LogP contribution in [0.4, 0.5) is 0 Å². The molecule has 0 radical (unpaired) electrons. The summed E-state index contributed by atoms with van der Waals surface area (Å²) in [6, 6.07) is 17.7. The number of amides is 1. The molecule has 2 aromatic carbocycles. The van der Waals surface area contributed by atoms with E-state index in [1.54, 1.807) is 6.08 Å². The lowest BCUT2D eigenvalue weighted by molar-refractivity contribution is -0.118. The predicted octanol–water partition coefficient (Wildman–Crippen LogP) is 5.63. The molecule has 2 aromatic rings. The Morgan fingerprint density at radius 2 is 2.00 bits per heavy atom. The van der Waals surface area contributed by atoms with Gasteiger partial charge >= 0.3 is 0 Å². The summed E-state index contributed by atoms with van der Waals surface area (Å²) in [7, 11) is 0. The highest BCUT2D eigenvalue weighted by atomic mass is 79.9. The maximum atomic E-state index is 12.6. The lowest BCUT2D eigenvalue weighted by Crippen LogP contribution is -2.41. The van der Waals surface area contributed by atoms with Gasteiger partial charge in [-0.1, -0.05) is 56.2 Å². The van der Waals surface area contributed by atoms with Crippen molar-refractivity contribution in [2.24, 2.45) is 5.92 Å². The SMILES string of the molecule is CC1CCCCC1NC(=O)C(C#N)=Cc1ccc(OCc2ccccc2)c(Br)c1. The summed E-state index contributed by atoms with van der Waals surface area (Å²) < 4.78 is 6.64. The summed E-state index contributed by atoms with van der Waals surface area (Å²) in [5.41, 5.74) is 1.98. The lowest BCUT2D eigenvalue weighted by atomic mass is 9.86. The number of nitrogens with one attached hydrogen (secondary N) is 1. The maximum Gasteiger partial charge on any atom is 0.262 e. The Hall–Kier alpha value is -2.58. The van der Waals surface area contributed by atoms with E-state index in [0.717, 1.165) is 34.9 Å². The Kier molecular flexibility index (Phi) is 7.48. The van der Waals surface area contributed by atoms with Crippen LogP contribution in [0.5, 0.6) is 5.75 Å². The second kappa shape index (κ2) is 10.3. The Bertz CT molecular complexity index is 918. The van der Waals surface area contributed by atoms with Crippen molar-refractivity contribution in [1.29, 1.82) is 5.26 Å². The number of rotatable bonds is 6. The van der Waals surface area contributed by atoms with Crippen molar-refractivity contribution in [2.45, 2.75) is 45.3 Å². The normalized spacial score (nSPS) is 19.3. The zero-order chi connectivity index (χ0) is 20.6. The van der Waals surface area contributed by atoms with Gasteiger partial charge in [-0.25, -0.2) is 0 Å². The Morgan fingerprint density at radius 1 is 1.24 bits per heavy atom. The molecule has 0 bridgehead atoms. The van der Waals surface area contributed by atoms with Crippen LogP contribution in [0, 0.1) is 17.2 Å². The molecule has 1 aliphatic carbocycles. The monoisotopic (exact) mass is 452 g/mol. The molecule has 2 atom stereocenters. The highest BCUT2D eigenvalue weighted by Gasteiger charge is 2.24. The third-order valence-corrected chi connectivity index (χ3v) is 5.92. The second-order valence-electron chi connectivity index (χ2n) is 7.48. The molecular formula is C24H25BrN2O2. The molecule has 29 heavy (non-hydrogen) atoms. The van der Waals surface area contributed by atoms with Crippen molar-refractivity contribution in [1.82, 2.24) is 5.32 Å². The number of hydrogen-bond acceptors (Lipinski definition) is 3. The van der Waals surface area contributed by atoms with Gasteiger partial charge < -0.3 is 10.1 Å². The van der Waals surface area contributed by atoms with E-state index in [1.807, 2.05) is 54.6 Å². The molecule has 1 fully saturated rings. The molecule has 5 heteroatoms. The minimum absolute atomic E-state index is 0.118. The van der Waals surface area contributed by atoms with Crippen molar-refractivity contribution in [2.75, 3.05) is 0 Å². The zero-order valence-electron chi connectivity index (χ0n) is 16.5. The van der Waals surface area contributed by atoms with Gasteiger partial charge in [0, 0.05) is 6.04 Å². The van der Waals surface area contributed by atoms with E-state index in [9.17, 15) is 10.1 Å². The van der Waals surface area contributed by atoms with Gasteiger partial charge in [0.1, 0.15) is 24.0 Å². The predicted molar refractivity (Wildman–Crippen MR) is 118 cm³/mol. The summed E-state index contributed by atoms with van der Waals surface area (Å²) >= 11 is 3.52. The molecular weight excluding hydrogens is 428 g/mol. The van der Waals surface area contributed by atoms with Gasteiger partial charge in [0.2, 0.25) is 0 Å². The quantitative estimate of drug-likeness (QED) is 0.456. The molecule has 0 heterocycles. The summed E-state index contributed by atoms with van der Waals surface area (Å²) in [6.45, 7) is 2.63. The number of ether oxygens (including phenoxy) is 1. The zero-order valence-corrected chi connectivity index (χ0v) is 18.1. The van der Waals surface area contributed by atoms with Crippen LogP contribution >= 0.6 is 15.9 Å². The van der Waals surface area contributed by atoms with Crippen molar-refractivity contribution in [3.63, 3.8) is 0 Å². The standard InChI is InChI=1S/C24H25BrN2O2/c1-17-7-5-6-10-22(17)27-24(28)20(15-26)13-19-11-12-23(21(25)14-19)29-16-18-8-3-2-4-9-18/h2-4,8-9,11-14,17,22H,5-7,10,16H2,1H3,(H,27,28). The highest BCUT2D eigenvalue weighted by molar-refractivity contribution is 9.10. The third kappa shape index (κ3) is 5.95. The van der Waals surface area contributed by atoms with E-state index in [0.29, 0.717) is 18.3 Å². The summed E-state index contributed by atoms with van der Waals surface area (Å²) in [6.07, 6.45) is 6.05. The van der Waals surface area contributed by atoms with E-state index < -0.39 is 0 Å². The largest absolute Gasteiger partial charge is 0.488 e. The van der Waals surface area contributed by atoms with Crippen LogP contribution in [0.15, 0.2) is 58.6 Å². The summed E-state index contributed by atoms with van der Waals surface area (Å²) in [4.78, 5) is 12.6. The number of carbonyl (C=O) groups excluding carboxylic acids is 1. The molecule has 0 aromatic heterocycles. The van der Waals surface area contributed by atoms with Crippen LogP contribution in [0.25, 0.3) is 6.08 Å². The van der Waals surface area contributed by atoms with Crippen LogP contribution in [-0.2, 0) is 11.4 Å². The molecule has 4 nitrogen and oxygen atoms in total. The molecule has 1 N–H and O–H groups in total. The molecule has 150 valence electrons. The van der Waals surface area contributed by atoms with Crippen LogP contribution in [0.2, 0.25) is 0 Å². The lowest BCUT2D eigenvalue weighted by Gasteiger charge is -2.29. The fourth-order valence-corrected chi connectivity index (χ4v) is 4.06. The average Bonchev–Trinajstić information content (AvgIpc) is 2.73. The molecule has 3 rings (SSSR count). The summed E-state index contributed by atoms with van der Waals surface area (Å²) in [5, 5.41) is 12.5. The van der Waals surface area contributed by atoms with Crippen LogP contribution in [-0.4, -0.2) is 11.9 Å². The number of carbonyl (C=O) groups is 1. The van der Waals surface area contributed by atoms with E-state index in [2.05, 4.69) is 28.2 Å². The van der Waals surface area contributed by atoms with Crippen molar-refractivity contribution >= 4 is 27.9 Å². The Balaban J connectivity index is 1.66. The second-order valence-corrected chi connectivity index (χ2v) is 8.33. The minimum atomic E-state index is -0.299. The number of hydrogen-bond donors (Lipinski definition) is 1. The molecule has 2 unspecified atom stereocenters. The molecule has 0 spiro atoms. The Labute approximate surface area is 180 Å². The number of nitriles is 1. The number of benzene rings is 2. The van der Waals surface area contributed by atoms with Gasteiger partial charge in [0.05, 0.1) is 4.47 Å². The van der Waals surface area contributed by atoms with E-state index >= 15 is 0 Å². The first-order valence-corrected chi connectivity index (χ1v) is 10.7. The van der Waals surface area contributed by atoms with Gasteiger partial charge in [-0.3, -0.25) is 4.79 Å². The first-order chi connectivity index (χ1) is 14.1. The first kappa shape index (κ1) is 21.1. The van der Waals surface area contributed by atoms with Crippen LogP contribution < -0.4 is 10.1 Å².